The van der Waals surface area contributed by atoms with E-state index in [1.54, 1.807) is 27.7 Å². The topological polar surface area (TPSA) is 88.2 Å². The molecule has 8 heteroatoms. The van der Waals surface area contributed by atoms with Crippen molar-refractivity contribution in [2.45, 2.75) is 51.5 Å². The van der Waals surface area contributed by atoms with Gasteiger partial charge >= 0.3 is 12.2 Å². The summed E-state index contributed by atoms with van der Waals surface area (Å²) in [7, 11) is 0. The molecule has 28 heavy (non-hydrogen) atoms. The van der Waals surface area contributed by atoms with Crippen molar-refractivity contribution in [1.82, 2.24) is 15.1 Å². The fourth-order valence-corrected chi connectivity index (χ4v) is 3.54. The van der Waals surface area contributed by atoms with Crippen molar-refractivity contribution in [3.8, 4) is 0 Å². The maximum atomic E-state index is 12.8. The van der Waals surface area contributed by atoms with E-state index >= 15 is 0 Å². The van der Waals surface area contributed by atoms with Crippen LogP contribution >= 0.6 is 0 Å². The highest BCUT2D eigenvalue weighted by molar-refractivity contribution is 5.88. The van der Waals surface area contributed by atoms with Crippen LogP contribution < -0.4 is 5.32 Å². The molecule has 2 heterocycles. The standard InChI is InChI=1S/C20H27N3O5/c1-14-16(24)21-11-20(12-22(13-20)17(25)28-19(2,3)4)23(14)18(26)27-10-15-8-6-5-7-9-15/h5-9,14H,10-13H2,1-4H3,(H,21,24)/t14-/m1/s1. The molecule has 1 spiro atoms. The van der Waals surface area contributed by atoms with Gasteiger partial charge in [0.1, 0.15) is 18.2 Å². The highest BCUT2D eigenvalue weighted by Gasteiger charge is 2.57. The molecule has 0 bridgehead atoms. The molecule has 0 aromatic heterocycles. The summed E-state index contributed by atoms with van der Waals surface area (Å²) in [5, 5.41) is 2.82. The van der Waals surface area contributed by atoms with Crippen LogP contribution in [0.15, 0.2) is 30.3 Å². The van der Waals surface area contributed by atoms with Crippen LogP contribution in [0.1, 0.15) is 33.3 Å². The number of amides is 3. The minimum absolute atomic E-state index is 0.121. The van der Waals surface area contributed by atoms with E-state index in [-0.39, 0.29) is 32.1 Å². The van der Waals surface area contributed by atoms with Gasteiger partial charge in [-0.25, -0.2) is 9.59 Å². The smallest absolute Gasteiger partial charge is 0.411 e. The maximum absolute atomic E-state index is 12.8. The number of hydrogen-bond acceptors (Lipinski definition) is 5. The lowest BCUT2D eigenvalue weighted by molar-refractivity contribution is -0.140. The Bertz CT molecular complexity index is 753. The molecule has 1 aromatic carbocycles. The Morgan fingerprint density at radius 1 is 1.18 bits per heavy atom. The second-order valence-corrected chi connectivity index (χ2v) is 8.36. The van der Waals surface area contributed by atoms with Crippen LogP contribution in [0.4, 0.5) is 9.59 Å². The minimum atomic E-state index is -0.683. The fourth-order valence-electron chi connectivity index (χ4n) is 3.54. The van der Waals surface area contributed by atoms with Gasteiger partial charge in [0, 0.05) is 6.54 Å². The molecule has 2 saturated heterocycles. The number of piperazine rings is 1. The average Bonchev–Trinajstić information content (AvgIpc) is 2.59. The van der Waals surface area contributed by atoms with E-state index < -0.39 is 29.4 Å². The van der Waals surface area contributed by atoms with E-state index in [2.05, 4.69) is 5.32 Å². The molecule has 0 saturated carbocycles. The van der Waals surface area contributed by atoms with E-state index in [0.29, 0.717) is 0 Å². The molecule has 2 aliphatic heterocycles. The minimum Gasteiger partial charge on any atom is -0.445 e. The maximum Gasteiger partial charge on any atom is 0.411 e. The molecular weight excluding hydrogens is 362 g/mol. The molecule has 0 unspecified atom stereocenters. The number of likely N-dealkylation sites (tertiary alicyclic amines) is 1. The van der Waals surface area contributed by atoms with E-state index in [1.807, 2.05) is 30.3 Å². The fraction of sp³-hybridized carbons (Fsp3) is 0.550. The molecule has 1 N–H and O–H groups in total. The second-order valence-electron chi connectivity index (χ2n) is 8.36. The van der Waals surface area contributed by atoms with Crippen LogP contribution in [-0.2, 0) is 20.9 Å². The summed E-state index contributed by atoms with van der Waals surface area (Å²) in [4.78, 5) is 40.3. The van der Waals surface area contributed by atoms with E-state index in [0.717, 1.165) is 5.56 Å². The summed E-state index contributed by atoms with van der Waals surface area (Å²) >= 11 is 0. The largest absolute Gasteiger partial charge is 0.445 e. The Kier molecular flexibility index (Phi) is 5.23. The summed E-state index contributed by atoms with van der Waals surface area (Å²) < 4.78 is 10.9. The highest BCUT2D eigenvalue weighted by atomic mass is 16.6. The monoisotopic (exact) mass is 389 g/mol. The summed E-state index contributed by atoms with van der Waals surface area (Å²) in [5.74, 6) is -0.238. The molecule has 1 atom stereocenters. The van der Waals surface area contributed by atoms with Gasteiger partial charge in [0.15, 0.2) is 0 Å². The third-order valence-electron chi connectivity index (χ3n) is 4.89. The molecule has 3 rings (SSSR count). The summed E-state index contributed by atoms with van der Waals surface area (Å²) in [6.45, 7) is 8.03. The van der Waals surface area contributed by atoms with Gasteiger partial charge in [0.2, 0.25) is 5.91 Å². The van der Waals surface area contributed by atoms with Crippen molar-refractivity contribution in [2.24, 2.45) is 0 Å². The Balaban J connectivity index is 1.69. The zero-order valence-corrected chi connectivity index (χ0v) is 16.7. The molecule has 152 valence electrons. The van der Waals surface area contributed by atoms with Crippen LogP contribution in [0, 0.1) is 0 Å². The Morgan fingerprint density at radius 2 is 1.82 bits per heavy atom. The first-order valence-electron chi connectivity index (χ1n) is 9.37. The lowest BCUT2D eigenvalue weighted by atomic mass is 9.84. The molecule has 0 aliphatic carbocycles. The van der Waals surface area contributed by atoms with Crippen molar-refractivity contribution < 1.29 is 23.9 Å². The summed E-state index contributed by atoms with van der Waals surface area (Å²) in [5.41, 5.74) is -0.414. The third-order valence-corrected chi connectivity index (χ3v) is 4.89. The van der Waals surface area contributed by atoms with Gasteiger partial charge in [-0.2, -0.15) is 0 Å². The molecule has 0 radical (unpaired) electrons. The Hall–Kier alpha value is -2.77. The van der Waals surface area contributed by atoms with Crippen molar-refractivity contribution in [3.05, 3.63) is 35.9 Å². The van der Waals surface area contributed by atoms with Crippen molar-refractivity contribution in [2.75, 3.05) is 19.6 Å². The summed E-state index contributed by atoms with van der Waals surface area (Å²) in [6, 6.07) is 8.67. The normalized spacial score (nSPS) is 21.0. The highest BCUT2D eigenvalue weighted by Crippen LogP contribution is 2.33. The van der Waals surface area contributed by atoms with E-state index in [1.165, 1.54) is 9.80 Å². The van der Waals surface area contributed by atoms with Crippen LogP contribution in [0.3, 0.4) is 0 Å². The van der Waals surface area contributed by atoms with Gasteiger partial charge in [-0.15, -0.1) is 0 Å². The second kappa shape index (κ2) is 7.33. The number of hydrogen-bond donors (Lipinski definition) is 1. The lowest BCUT2D eigenvalue weighted by Crippen LogP contribution is -2.81. The number of carbonyl (C=O) groups is 3. The zero-order valence-electron chi connectivity index (χ0n) is 16.7. The lowest BCUT2D eigenvalue weighted by Gasteiger charge is -2.58. The number of nitrogens with one attached hydrogen (secondary N) is 1. The predicted molar refractivity (Wildman–Crippen MR) is 101 cm³/mol. The number of carbonyl (C=O) groups excluding carboxylic acids is 3. The van der Waals surface area contributed by atoms with Crippen LogP contribution in [0.25, 0.3) is 0 Å². The molecule has 8 nitrogen and oxygen atoms in total. The SMILES string of the molecule is C[C@@H]1C(=O)NCC2(CN(C(=O)OC(C)(C)C)C2)N1C(=O)OCc1ccccc1. The van der Waals surface area contributed by atoms with E-state index in [9.17, 15) is 14.4 Å². The number of nitrogens with zero attached hydrogens (tertiary/aromatic N) is 2. The first kappa shape index (κ1) is 20.0. The van der Waals surface area contributed by atoms with Gasteiger partial charge < -0.3 is 19.7 Å². The first-order valence-corrected chi connectivity index (χ1v) is 9.37. The molecule has 3 amide bonds. The first-order chi connectivity index (χ1) is 13.1. The predicted octanol–water partition coefficient (Wildman–Crippen LogP) is 2.13. The van der Waals surface area contributed by atoms with Gasteiger partial charge in [0.25, 0.3) is 0 Å². The molecule has 2 fully saturated rings. The summed E-state index contributed by atoms with van der Waals surface area (Å²) in [6.07, 6.45) is -0.990. The Morgan fingerprint density at radius 3 is 2.43 bits per heavy atom. The molecule has 2 aliphatic rings. The van der Waals surface area contributed by atoms with Crippen molar-refractivity contribution in [3.63, 3.8) is 0 Å². The van der Waals surface area contributed by atoms with Gasteiger partial charge in [-0.1, -0.05) is 30.3 Å². The number of rotatable bonds is 2. The quantitative estimate of drug-likeness (QED) is 0.837. The van der Waals surface area contributed by atoms with Gasteiger partial charge in [-0.05, 0) is 33.3 Å². The van der Waals surface area contributed by atoms with Gasteiger partial charge in [0.05, 0.1) is 18.6 Å². The Labute approximate surface area is 164 Å². The number of ether oxygens (including phenoxy) is 2. The van der Waals surface area contributed by atoms with Crippen molar-refractivity contribution in [1.29, 1.82) is 0 Å². The van der Waals surface area contributed by atoms with Gasteiger partial charge in [-0.3, -0.25) is 9.69 Å². The number of benzene rings is 1. The van der Waals surface area contributed by atoms with Crippen molar-refractivity contribution >= 4 is 18.1 Å². The zero-order chi connectivity index (χ0) is 20.5. The molecular formula is C20H27N3O5. The van der Waals surface area contributed by atoms with E-state index in [4.69, 9.17) is 9.47 Å². The average molecular weight is 389 g/mol. The molecule has 1 aromatic rings. The third kappa shape index (κ3) is 4.05. The van der Waals surface area contributed by atoms with Crippen LogP contribution in [0.2, 0.25) is 0 Å². The van der Waals surface area contributed by atoms with Crippen LogP contribution in [-0.4, -0.2) is 64.7 Å². The van der Waals surface area contributed by atoms with Crippen LogP contribution in [0.5, 0.6) is 0 Å².